The van der Waals surface area contributed by atoms with E-state index in [4.69, 9.17) is 4.74 Å². The van der Waals surface area contributed by atoms with Crippen LogP contribution in [-0.4, -0.2) is 86.4 Å². The number of benzene rings is 2. The molecule has 1 saturated heterocycles. The fourth-order valence-electron chi connectivity index (χ4n) is 4.74. The summed E-state index contributed by atoms with van der Waals surface area (Å²) in [6.07, 6.45) is 4.02. The molecule has 0 spiro atoms. The summed E-state index contributed by atoms with van der Waals surface area (Å²) in [6, 6.07) is 7.02. The maximum Gasteiger partial charge on any atom is 0.256 e. The van der Waals surface area contributed by atoms with Crippen molar-refractivity contribution in [1.82, 2.24) is 20.0 Å². The van der Waals surface area contributed by atoms with Crippen molar-refractivity contribution in [2.24, 2.45) is 5.92 Å². The summed E-state index contributed by atoms with van der Waals surface area (Å²) in [4.78, 5) is 29.6. The van der Waals surface area contributed by atoms with E-state index < -0.39 is 21.6 Å². The number of piperidine rings is 1. The van der Waals surface area contributed by atoms with E-state index in [1.807, 2.05) is 19.1 Å². The number of amides is 2. The molecule has 9 nitrogen and oxygen atoms in total. The highest BCUT2D eigenvalue weighted by atomic mass is 32.2. The second kappa shape index (κ2) is 11.0. The molecule has 2 amide bonds. The van der Waals surface area contributed by atoms with Crippen LogP contribution in [0, 0.1) is 18.7 Å². The molecule has 37 heavy (non-hydrogen) atoms. The Kier molecular flexibility index (Phi) is 7.93. The maximum absolute atomic E-state index is 14.5. The van der Waals surface area contributed by atoms with Crippen molar-refractivity contribution in [2.75, 3.05) is 46.2 Å². The molecular weight excluding hydrogens is 499 g/mol. The summed E-state index contributed by atoms with van der Waals surface area (Å²) >= 11 is 0. The van der Waals surface area contributed by atoms with Crippen molar-refractivity contribution in [3.05, 3.63) is 59.0 Å². The van der Waals surface area contributed by atoms with Gasteiger partial charge in [-0.1, -0.05) is 0 Å². The number of methoxy groups -OCH3 is 1. The quantitative estimate of drug-likeness (QED) is 0.479. The number of carbonyl (C=O) groups is 2. The maximum atomic E-state index is 14.5. The summed E-state index contributed by atoms with van der Waals surface area (Å²) in [5, 5.41) is 7.88. The number of fused-ring (bicyclic) bond motifs is 1. The number of halogens is 1. The number of ether oxygens (including phenoxy) is 1. The number of rotatable bonds is 8. The van der Waals surface area contributed by atoms with Gasteiger partial charge >= 0.3 is 0 Å². The zero-order chi connectivity index (χ0) is 26.7. The van der Waals surface area contributed by atoms with Gasteiger partial charge in [-0.25, -0.2) is 12.8 Å². The standard InChI is InChI=1S/C26H31FN4O5S/c1-17-20(6-7-24-22(17)15-28-29-24)25(32)31(12-13-36-2)16-18-8-10-30(11-9-18)26(33)21-5-4-19(14-23(21)27)37(3,34)35/h4-7,14-15,18H,8-13,16H2,1-3H3,(H,28,29). The van der Waals surface area contributed by atoms with Gasteiger partial charge < -0.3 is 14.5 Å². The average Bonchev–Trinajstić information content (AvgIpc) is 3.36. The predicted octanol–water partition coefficient (Wildman–Crippen LogP) is 3.05. The molecule has 0 radical (unpaired) electrons. The Morgan fingerprint density at radius 2 is 1.89 bits per heavy atom. The van der Waals surface area contributed by atoms with E-state index >= 15 is 0 Å². The molecule has 1 fully saturated rings. The van der Waals surface area contributed by atoms with Gasteiger partial charge in [-0.05, 0) is 61.6 Å². The summed E-state index contributed by atoms with van der Waals surface area (Å²) in [5.74, 6) is -1.23. The first-order valence-electron chi connectivity index (χ1n) is 12.1. The van der Waals surface area contributed by atoms with Gasteiger partial charge in [0.1, 0.15) is 5.82 Å². The van der Waals surface area contributed by atoms with Crippen LogP contribution in [0.3, 0.4) is 0 Å². The molecule has 3 aromatic rings. The molecule has 198 valence electrons. The lowest BCUT2D eigenvalue weighted by molar-refractivity contribution is 0.0565. The molecule has 0 saturated carbocycles. The van der Waals surface area contributed by atoms with Gasteiger partial charge in [-0.15, -0.1) is 0 Å². The minimum Gasteiger partial charge on any atom is -0.383 e. The van der Waals surface area contributed by atoms with Gasteiger partial charge in [0, 0.05) is 50.5 Å². The Bertz CT molecular complexity index is 1410. The summed E-state index contributed by atoms with van der Waals surface area (Å²) in [6.45, 7) is 4.11. The molecule has 0 aliphatic carbocycles. The normalized spacial score (nSPS) is 14.8. The Morgan fingerprint density at radius 3 is 2.54 bits per heavy atom. The van der Waals surface area contributed by atoms with Gasteiger partial charge in [0.05, 0.1) is 28.8 Å². The lowest BCUT2D eigenvalue weighted by Crippen LogP contribution is -2.44. The lowest BCUT2D eigenvalue weighted by atomic mass is 9.95. The molecule has 1 aliphatic rings. The Balaban J connectivity index is 1.42. The number of nitrogens with zero attached hydrogens (tertiary/aromatic N) is 3. The highest BCUT2D eigenvalue weighted by Gasteiger charge is 2.29. The zero-order valence-corrected chi connectivity index (χ0v) is 22.0. The van der Waals surface area contributed by atoms with Gasteiger partial charge in [-0.2, -0.15) is 5.10 Å². The molecule has 11 heteroatoms. The number of hydrogen-bond acceptors (Lipinski definition) is 6. The molecule has 1 aliphatic heterocycles. The minimum absolute atomic E-state index is 0.0795. The van der Waals surface area contributed by atoms with Crippen LogP contribution in [0.2, 0.25) is 0 Å². The molecule has 2 heterocycles. The van der Waals surface area contributed by atoms with E-state index in [9.17, 15) is 22.4 Å². The number of aromatic amines is 1. The van der Waals surface area contributed by atoms with Crippen molar-refractivity contribution >= 4 is 32.6 Å². The summed E-state index contributed by atoms with van der Waals surface area (Å²) in [7, 11) is -1.97. The SMILES string of the molecule is COCCN(CC1CCN(C(=O)c2ccc(S(C)(=O)=O)cc2F)CC1)C(=O)c1ccc2[nH]ncc2c1C. The van der Waals surface area contributed by atoms with Gasteiger partial charge in [0.15, 0.2) is 9.84 Å². The largest absolute Gasteiger partial charge is 0.383 e. The van der Waals surface area contributed by atoms with Gasteiger partial charge in [-0.3, -0.25) is 14.7 Å². The number of aromatic nitrogens is 2. The van der Waals surface area contributed by atoms with Crippen molar-refractivity contribution in [1.29, 1.82) is 0 Å². The van der Waals surface area contributed by atoms with Crippen LogP contribution in [0.5, 0.6) is 0 Å². The molecule has 1 N–H and O–H groups in total. The van der Waals surface area contributed by atoms with Crippen molar-refractivity contribution in [3.63, 3.8) is 0 Å². The van der Waals surface area contributed by atoms with Crippen LogP contribution in [0.4, 0.5) is 4.39 Å². The molecule has 2 aromatic carbocycles. The summed E-state index contributed by atoms with van der Waals surface area (Å²) < 4.78 is 43.1. The minimum atomic E-state index is -3.57. The first kappa shape index (κ1) is 26.7. The van der Waals surface area contributed by atoms with E-state index in [1.54, 1.807) is 23.1 Å². The Morgan fingerprint density at radius 1 is 1.19 bits per heavy atom. The molecular formula is C26H31FN4O5S. The topological polar surface area (TPSA) is 113 Å². The monoisotopic (exact) mass is 530 g/mol. The van der Waals surface area contributed by atoms with E-state index in [0.29, 0.717) is 51.2 Å². The van der Waals surface area contributed by atoms with Crippen molar-refractivity contribution in [2.45, 2.75) is 24.7 Å². The number of nitrogens with one attached hydrogen (secondary N) is 1. The number of H-pyrrole nitrogens is 1. The van der Waals surface area contributed by atoms with Gasteiger partial charge in [0.25, 0.3) is 11.8 Å². The van der Waals surface area contributed by atoms with Crippen LogP contribution in [0.15, 0.2) is 41.4 Å². The number of sulfone groups is 1. The average molecular weight is 531 g/mol. The predicted molar refractivity (Wildman–Crippen MR) is 137 cm³/mol. The number of likely N-dealkylation sites (tertiary alicyclic amines) is 1. The Labute approximate surface area is 215 Å². The lowest BCUT2D eigenvalue weighted by Gasteiger charge is -2.35. The zero-order valence-electron chi connectivity index (χ0n) is 21.2. The van der Waals surface area contributed by atoms with Gasteiger partial charge in [0.2, 0.25) is 0 Å². The number of hydrogen-bond donors (Lipinski definition) is 1. The summed E-state index contributed by atoms with van der Waals surface area (Å²) in [5.41, 5.74) is 2.21. The fraction of sp³-hybridized carbons (Fsp3) is 0.423. The highest BCUT2D eigenvalue weighted by molar-refractivity contribution is 7.90. The van der Waals surface area contributed by atoms with Crippen LogP contribution in [0.25, 0.3) is 10.9 Å². The van der Waals surface area contributed by atoms with E-state index in [2.05, 4.69) is 10.2 Å². The van der Waals surface area contributed by atoms with E-state index in [-0.39, 0.29) is 22.3 Å². The number of aryl methyl sites for hydroxylation is 1. The number of carbonyl (C=O) groups excluding carboxylic acids is 2. The smallest absolute Gasteiger partial charge is 0.256 e. The molecule has 0 bridgehead atoms. The van der Waals surface area contributed by atoms with Crippen molar-refractivity contribution in [3.8, 4) is 0 Å². The fourth-order valence-corrected chi connectivity index (χ4v) is 5.37. The molecule has 1 aromatic heterocycles. The first-order valence-corrected chi connectivity index (χ1v) is 14.0. The second-order valence-electron chi connectivity index (χ2n) is 9.46. The third kappa shape index (κ3) is 5.83. The highest BCUT2D eigenvalue weighted by Crippen LogP contribution is 2.25. The van der Waals surface area contributed by atoms with Crippen molar-refractivity contribution < 1.29 is 27.1 Å². The third-order valence-corrected chi connectivity index (χ3v) is 8.07. The molecule has 4 rings (SSSR count). The second-order valence-corrected chi connectivity index (χ2v) is 11.5. The van der Waals surface area contributed by atoms with E-state index in [1.165, 1.54) is 12.1 Å². The van der Waals surface area contributed by atoms with Crippen LogP contribution < -0.4 is 0 Å². The molecule has 0 unspecified atom stereocenters. The van der Waals surface area contributed by atoms with Crippen LogP contribution >= 0.6 is 0 Å². The first-order chi connectivity index (χ1) is 17.6. The molecule has 0 atom stereocenters. The van der Waals surface area contributed by atoms with Crippen LogP contribution in [0.1, 0.15) is 39.1 Å². The Hall–Kier alpha value is -3.31. The van der Waals surface area contributed by atoms with Crippen LogP contribution in [-0.2, 0) is 14.6 Å². The van der Waals surface area contributed by atoms with E-state index in [0.717, 1.165) is 28.8 Å². The third-order valence-electron chi connectivity index (χ3n) is 6.96.